The second-order valence-electron chi connectivity index (χ2n) is 6.08. The van der Waals surface area contributed by atoms with Crippen molar-refractivity contribution >= 4 is 23.2 Å². The monoisotopic (exact) mass is 326 g/mol. The van der Waals surface area contributed by atoms with Crippen LogP contribution in [0, 0.1) is 12.3 Å². The fraction of sp³-hybridized carbons (Fsp3) is 0.263. The van der Waals surface area contributed by atoms with Gasteiger partial charge < -0.3 is 15.4 Å². The normalized spacial score (nSPS) is 10.8. The summed E-state index contributed by atoms with van der Waals surface area (Å²) >= 11 is 0. The topological polar surface area (TPSA) is 67.4 Å². The molecule has 2 N–H and O–H groups in total. The number of anilines is 2. The summed E-state index contributed by atoms with van der Waals surface area (Å²) in [6, 6.07) is 14.4. The smallest absolute Gasteiger partial charge is 0.239 e. The summed E-state index contributed by atoms with van der Waals surface area (Å²) in [6.07, 6.45) is 0. The lowest BCUT2D eigenvalue weighted by atomic mass is 9.90. The Morgan fingerprint density at radius 2 is 1.62 bits per heavy atom. The number of methoxy groups -OCH3 is 1. The molecular weight excluding hydrogens is 304 g/mol. The maximum Gasteiger partial charge on any atom is 0.239 e. The molecule has 2 rings (SSSR count). The average molecular weight is 326 g/mol. The molecular formula is C19H22N2O3. The van der Waals surface area contributed by atoms with Gasteiger partial charge >= 0.3 is 0 Å². The van der Waals surface area contributed by atoms with Crippen LogP contribution in [0.15, 0.2) is 48.5 Å². The van der Waals surface area contributed by atoms with Crippen molar-refractivity contribution in [1.29, 1.82) is 0 Å². The van der Waals surface area contributed by atoms with E-state index in [9.17, 15) is 9.59 Å². The van der Waals surface area contributed by atoms with Crippen LogP contribution in [0.25, 0.3) is 0 Å². The zero-order chi connectivity index (χ0) is 17.7. The van der Waals surface area contributed by atoms with Gasteiger partial charge in [-0.25, -0.2) is 0 Å². The van der Waals surface area contributed by atoms with Crippen LogP contribution in [0.1, 0.15) is 19.4 Å². The van der Waals surface area contributed by atoms with Crippen LogP contribution in [0.3, 0.4) is 0 Å². The fourth-order valence-electron chi connectivity index (χ4n) is 2.08. The van der Waals surface area contributed by atoms with E-state index in [0.717, 1.165) is 5.56 Å². The number of amides is 2. The molecule has 0 saturated carbocycles. The summed E-state index contributed by atoms with van der Waals surface area (Å²) in [4.78, 5) is 25.1. The maximum atomic E-state index is 12.5. The third kappa shape index (κ3) is 3.93. The lowest BCUT2D eigenvalue weighted by molar-refractivity contribution is -0.135. The van der Waals surface area contributed by atoms with Crippen LogP contribution in [0.2, 0.25) is 0 Å². The minimum atomic E-state index is -1.23. The zero-order valence-electron chi connectivity index (χ0n) is 14.3. The molecule has 126 valence electrons. The van der Waals surface area contributed by atoms with Crippen molar-refractivity contribution in [2.24, 2.45) is 5.41 Å². The predicted molar refractivity (Wildman–Crippen MR) is 95.2 cm³/mol. The van der Waals surface area contributed by atoms with E-state index in [2.05, 4.69) is 10.6 Å². The van der Waals surface area contributed by atoms with E-state index < -0.39 is 5.41 Å². The van der Waals surface area contributed by atoms with Crippen LogP contribution in [0.5, 0.6) is 5.75 Å². The highest BCUT2D eigenvalue weighted by Gasteiger charge is 2.36. The lowest BCUT2D eigenvalue weighted by Gasteiger charge is -2.23. The molecule has 0 bridgehead atoms. The fourth-order valence-corrected chi connectivity index (χ4v) is 2.08. The summed E-state index contributed by atoms with van der Waals surface area (Å²) in [6.45, 7) is 5.09. The molecule has 0 fully saturated rings. The molecule has 0 unspecified atom stereocenters. The zero-order valence-corrected chi connectivity index (χ0v) is 14.3. The molecule has 0 aromatic heterocycles. The maximum absolute atomic E-state index is 12.5. The van der Waals surface area contributed by atoms with E-state index in [1.165, 1.54) is 0 Å². The van der Waals surface area contributed by atoms with E-state index in [0.29, 0.717) is 17.1 Å². The molecule has 0 saturated heterocycles. The Morgan fingerprint density at radius 3 is 2.29 bits per heavy atom. The van der Waals surface area contributed by atoms with Crippen LogP contribution in [-0.4, -0.2) is 18.9 Å². The highest BCUT2D eigenvalue weighted by atomic mass is 16.5. The molecule has 5 heteroatoms. The number of nitrogens with one attached hydrogen (secondary N) is 2. The SMILES string of the molecule is COc1cccc(NC(=O)C(C)(C)C(=O)Nc2ccccc2C)c1. The van der Waals surface area contributed by atoms with Gasteiger partial charge in [-0.15, -0.1) is 0 Å². The molecule has 5 nitrogen and oxygen atoms in total. The highest BCUT2D eigenvalue weighted by molar-refractivity contribution is 6.14. The van der Waals surface area contributed by atoms with Crippen molar-refractivity contribution in [3.8, 4) is 5.75 Å². The van der Waals surface area contributed by atoms with Crippen molar-refractivity contribution < 1.29 is 14.3 Å². The Hall–Kier alpha value is -2.82. The summed E-state index contributed by atoms with van der Waals surface area (Å²) in [5.74, 6) is -0.117. The van der Waals surface area contributed by atoms with E-state index in [1.54, 1.807) is 45.2 Å². The van der Waals surface area contributed by atoms with E-state index in [4.69, 9.17) is 4.74 Å². The number of para-hydroxylation sites is 1. The van der Waals surface area contributed by atoms with E-state index in [-0.39, 0.29) is 11.8 Å². The first-order chi connectivity index (χ1) is 11.3. The molecule has 0 spiro atoms. The van der Waals surface area contributed by atoms with Crippen LogP contribution < -0.4 is 15.4 Å². The molecule has 0 heterocycles. The Balaban J connectivity index is 2.11. The first-order valence-corrected chi connectivity index (χ1v) is 7.67. The van der Waals surface area contributed by atoms with Gasteiger partial charge in [0.15, 0.2) is 0 Å². The van der Waals surface area contributed by atoms with Crippen molar-refractivity contribution in [3.63, 3.8) is 0 Å². The van der Waals surface area contributed by atoms with Gasteiger partial charge in [0.2, 0.25) is 11.8 Å². The quantitative estimate of drug-likeness (QED) is 0.825. The Morgan fingerprint density at radius 1 is 0.958 bits per heavy atom. The van der Waals surface area contributed by atoms with Gasteiger partial charge in [-0.1, -0.05) is 24.3 Å². The molecule has 2 aromatic rings. The molecule has 2 aromatic carbocycles. The third-order valence-corrected chi connectivity index (χ3v) is 3.86. The van der Waals surface area contributed by atoms with Crippen LogP contribution in [-0.2, 0) is 9.59 Å². The standard InChI is InChI=1S/C19H22N2O3/c1-13-8-5-6-11-16(13)21-18(23)19(2,3)17(22)20-14-9-7-10-15(12-14)24-4/h5-12H,1-4H3,(H,20,22)(H,21,23). The summed E-state index contributed by atoms with van der Waals surface area (Å²) in [5, 5.41) is 5.57. The second kappa shape index (κ2) is 7.17. The Labute approximate surface area is 142 Å². The lowest BCUT2D eigenvalue weighted by Crippen LogP contribution is -2.41. The Bertz CT molecular complexity index is 754. The van der Waals surface area contributed by atoms with Gasteiger partial charge in [0, 0.05) is 17.4 Å². The largest absolute Gasteiger partial charge is 0.497 e. The minimum Gasteiger partial charge on any atom is -0.497 e. The van der Waals surface area contributed by atoms with Gasteiger partial charge in [0.25, 0.3) is 0 Å². The van der Waals surface area contributed by atoms with Gasteiger partial charge in [0.1, 0.15) is 11.2 Å². The number of carbonyl (C=O) groups excluding carboxylic acids is 2. The number of hydrogen-bond acceptors (Lipinski definition) is 3. The van der Waals surface area contributed by atoms with Gasteiger partial charge in [-0.2, -0.15) is 0 Å². The summed E-state index contributed by atoms with van der Waals surface area (Å²) < 4.78 is 5.13. The number of benzene rings is 2. The second-order valence-corrected chi connectivity index (χ2v) is 6.08. The van der Waals surface area contributed by atoms with E-state index in [1.807, 2.05) is 31.2 Å². The highest BCUT2D eigenvalue weighted by Crippen LogP contribution is 2.24. The number of ether oxygens (including phenoxy) is 1. The van der Waals surface area contributed by atoms with Gasteiger partial charge in [-0.05, 0) is 44.5 Å². The van der Waals surface area contributed by atoms with E-state index >= 15 is 0 Å². The first kappa shape index (κ1) is 17.5. The van der Waals surface area contributed by atoms with Crippen molar-refractivity contribution in [2.75, 3.05) is 17.7 Å². The van der Waals surface area contributed by atoms with Crippen LogP contribution >= 0.6 is 0 Å². The molecule has 0 aliphatic heterocycles. The van der Waals surface area contributed by atoms with Crippen molar-refractivity contribution in [2.45, 2.75) is 20.8 Å². The number of hydrogen-bond donors (Lipinski definition) is 2. The average Bonchev–Trinajstić information content (AvgIpc) is 2.57. The third-order valence-electron chi connectivity index (χ3n) is 3.86. The molecule has 0 atom stereocenters. The minimum absolute atomic E-state index is 0.364. The van der Waals surface area contributed by atoms with Crippen LogP contribution in [0.4, 0.5) is 11.4 Å². The number of rotatable bonds is 5. The molecule has 24 heavy (non-hydrogen) atoms. The Kier molecular flexibility index (Phi) is 5.24. The molecule has 0 aliphatic carbocycles. The van der Waals surface area contributed by atoms with Crippen molar-refractivity contribution in [1.82, 2.24) is 0 Å². The number of aryl methyl sites for hydroxylation is 1. The van der Waals surface area contributed by atoms with Gasteiger partial charge in [-0.3, -0.25) is 9.59 Å². The summed E-state index contributed by atoms with van der Waals surface area (Å²) in [5.41, 5.74) is 0.987. The molecule has 0 aliphatic rings. The molecule has 2 amide bonds. The van der Waals surface area contributed by atoms with Gasteiger partial charge in [0.05, 0.1) is 7.11 Å². The predicted octanol–water partition coefficient (Wildman–Crippen LogP) is 3.61. The number of carbonyl (C=O) groups is 2. The molecule has 0 radical (unpaired) electrons. The first-order valence-electron chi connectivity index (χ1n) is 7.67. The summed E-state index contributed by atoms with van der Waals surface area (Å²) in [7, 11) is 1.56. The van der Waals surface area contributed by atoms with Crippen molar-refractivity contribution in [3.05, 3.63) is 54.1 Å².